The Bertz CT molecular complexity index is 587. The summed E-state index contributed by atoms with van der Waals surface area (Å²) in [6, 6.07) is 11.7. The molecule has 0 bridgehead atoms. The average Bonchev–Trinajstić information content (AvgIpc) is 2.56. The summed E-state index contributed by atoms with van der Waals surface area (Å²) in [5.74, 6) is 0.844. The van der Waals surface area contributed by atoms with E-state index in [-0.39, 0.29) is 5.91 Å². The number of carbonyl (C=O) groups is 1. The minimum absolute atomic E-state index is 0.0102. The van der Waals surface area contributed by atoms with Crippen LogP contribution in [0.2, 0.25) is 0 Å². The summed E-state index contributed by atoms with van der Waals surface area (Å²) < 4.78 is 5.29. The van der Waals surface area contributed by atoms with Gasteiger partial charge in [-0.1, -0.05) is 18.2 Å². The van der Waals surface area contributed by atoms with Gasteiger partial charge >= 0.3 is 0 Å². The van der Waals surface area contributed by atoms with E-state index >= 15 is 0 Å². The first-order chi connectivity index (χ1) is 10.8. The molecule has 1 aromatic heterocycles. The van der Waals surface area contributed by atoms with Crippen LogP contribution >= 0.6 is 0 Å². The summed E-state index contributed by atoms with van der Waals surface area (Å²) in [6.45, 7) is 1.55. The van der Waals surface area contributed by atoms with Crippen LogP contribution in [-0.2, 0) is 17.8 Å². The number of benzene rings is 1. The smallest absolute Gasteiger partial charge is 0.233 e. The fourth-order valence-corrected chi connectivity index (χ4v) is 2.13. The SMILES string of the molecule is COc1ccccc1CCNC(=O)CNCc1ccncc1. The number of methoxy groups -OCH3 is 1. The van der Waals surface area contributed by atoms with E-state index < -0.39 is 0 Å². The maximum Gasteiger partial charge on any atom is 0.233 e. The summed E-state index contributed by atoms with van der Waals surface area (Å²) in [4.78, 5) is 15.7. The third-order valence-electron chi connectivity index (χ3n) is 3.27. The van der Waals surface area contributed by atoms with Crippen LogP contribution in [0.3, 0.4) is 0 Å². The Kier molecular flexibility index (Phi) is 6.39. The molecule has 2 aromatic rings. The van der Waals surface area contributed by atoms with Crippen LogP contribution in [0.5, 0.6) is 5.75 Å². The molecule has 0 aliphatic rings. The van der Waals surface area contributed by atoms with Gasteiger partial charge < -0.3 is 15.4 Å². The van der Waals surface area contributed by atoms with Gasteiger partial charge in [-0.05, 0) is 35.7 Å². The van der Waals surface area contributed by atoms with E-state index in [1.54, 1.807) is 19.5 Å². The molecule has 0 saturated carbocycles. The second-order valence-corrected chi connectivity index (χ2v) is 4.87. The molecule has 1 aromatic carbocycles. The first-order valence-electron chi connectivity index (χ1n) is 7.28. The van der Waals surface area contributed by atoms with E-state index in [4.69, 9.17) is 4.74 Å². The molecular formula is C17H21N3O2. The zero-order valence-electron chi connectivity index (χ0n) is 12.7. The quantitative estimate of drug-likeness (QED) is 0.776. The van der Waals surface area contributed by atoms with E-state index in [9.17, 15) is 4.79 Å². The van der Waals surface area contributed by atoms with Crippen molar-refractivity contribution in [3.8, 4) is 5.75 Å². The third kappa shape index (κ3) is 5.18. The van der Waals surface area contributed by atoms with Crippen LogP contribution in [0.4, 0.5) is 0 Å². The zero-order valence-corrected chi connectivity index (χ0v) is 12.7. The monoisotopic (exact) mass is 299 g/mol. The highest BCUT2D eigenvalue weighted by atomic mass is 16.5. The van der Waals surface area contributed by atoms with Crippen LogP contribution in [-0.4, -0.2) is 31.1 Å². The molecule has 0 aliphatic heterocycles. The predicted octanol–water partition coefficient (Wildman–Crippen LogP) is 1.54. The van der Waals surface area contributed by atoms with Crippen molar-refractivity contribution in [2.45, 2.75) is 13.0 Å². The number of aromatic nitrogens is 1. The normalized spacial score (nSPS) is 10.2. The summed E-state index contributed by atoms with van der Waals surface area (Å²) in [6.07, 6.45) is 4.23. The highest BCUT2D eigenvalue weighted by Gasteiger charge is 2.03. The second-order valence-electron chi connectivity index (χ2n) is 4.87. The fourth-order valence-electron chi connectivity index (χ4n) is 2.13. The highest BCUT2D eigenvalue weighted by Crippen LogP contribution is 2.17. The first-order valence-corrected chi connectivity index (χ1v) is 7.28. The molecule has 1 heterocycles. The lowest BCUT2D eigenvalue weighted by molar-refractivity contribution is -0.120. The van der Waals surface area contributed by atoms with Crippen molar-refractivity contribution in [2.24, 2.45) is 0 Å². The van der Waals surface area contributed by atoms with Gasteiger partial charge in [0.05, 0.1) is 13.7 Å². The molecule has 0 spiro atoms. The molecule has 0 atom stereocenters. The van der Waals surface area contributed by atoms with Crippen molar-refractivity contribution >= 4 is 5.91 Å². The van der Waals surface area contributed by atoms with Gasteiger partial charge in [-0.2, -0.15) is 0 Å². The third-order valence-corrected chi connectivity index (χ3v) is 3.27. The molecule has 2 N–H and O–H groups in total. The van der Waals surface area contributed by atoms with E-state index in [1.807, 2.05) is 36.4 Å². The number of rotatable bonds is 8. The lowest BCUT2D eigenvalue weighted by atomic mass is 10.1. The minimum Gasteiger partial charge on any atom is -0.496 e. The van der Waals surface area contributed by atoms with Gasteiger partial charge in [-0.15, -0.1) is 0 Å². The van der Waals surface area contributed by atoms with Crippen molar-refractivity contribution in [1.29, 1.82) is 0 Å². The first kappa shape index (κ1) is 16.0. The van der Waals surface area contributed by atoms with Crippen LogP contribution in [0.15, 0.2) is 48.8 Å². The van der Waals surface area contributed by atoms with Crippen LogP contribution in [0.1, 0.15) is 11.1 Å². The number of ether oxygens (including phenoxy) is 1. The summed E-state index contributed by atoms with van der Waals surface area (Å²) >= 11 is 0. The Balaban J connectivity index is 1.65. The van der Waals surface area contributed by atoms with Gasteiger partial charge in [-0.3, -0.25) is 9.78 Å². The Morgan fingerprint density at radius 3 is 2.73 bits per heavy atom. The summed E-state index contributed by atoms with van der Waals surface area (Å²) in [7, 11) is 1.65. The van der Waals surface area contributed by atoms with Crippen molar-refractivity contribution < 1.29 is 9.53 Å². The molecule has 0 fully saturated rings. The topological polar surface area (TPSA) is 63.2 Å². The van der Waals surface area contributed by atoms with Gasteiger partial charge in [0.1, 0.15) is 5.75 Å². The number of nitrogens with one attached hydrogen (secondary N) is 2. The van der Waals surface area contributed by atoms with Crippen LogP contribution < -0.4 is 15.4 Å². The Morgan fingerprint density at radius 2 is 1.95 bits per heavy atom. The van der Waals surface area contributed by atoms with Gasteiger partial charge in [-0.25, -0.2) is 0 Å². The van der Waals surface area contributed by atoms with E-state index in [1.165, 1.54) is 0 Å². The minimum atomic E-state index is -0.0102. The van der Waals surface area contributed by atoms with E-state index in [0.29, 0.717) is 19.6 Å². The molecule has 0 saturated heterocycles. The van der Waals surface area contributed by atoms with Crippen molar-refractivity contribution in [3.63, 3.8) is 0 Å². The largest absolute Gasteiger partial charge is 0.496 e. The molecule has 5 heteroatoms. The number of amides is 1. The van der Waals surface area contributed by atoms with E-state index in [0.717, 1.165) is 23.3 Å². The fraction of sp³-hybridized carbons (Fsp3) is 0.294. The Labute approximate surface area is 130 Å². The molecule has 2 rings (SSSR count). The molecule has 116 valence electrons. The summed E-state index contributed by atoms with van der Waals surface area (Å²) in [5, 5.41) is 6.01. The zero-order chi connectivity index (χ0) is 15.6. The number of para-hydroxylation sites is 1. The number of carbonyl (C=O) groups excluding carboxylic acids is 1. The Morgan fingerprint density at radius 1 is 1.18 bits per heavy atom. The Hall–Kier alpha value is -2.40. The number of hydrogen-bond acceptors (Lipinski definition) is 4. The number of pyridine rings is 1. The molecule has 5 nitrogen and oxygen atoms in total. The van der Waals surface area contributed by atoms with Crippen LogP contribution in [0, 0.1) is 0 Å². The number of nitrogens with zero attached hydrogens (tertiary/aromatic N) is 1. The highest BCUT2D eigenvalue weighted by molar-refractivity contribution is 5.77. The maximum atomic E-state index is 11.8. The van der Waals surface area contributed by atoms with Gasteiger partial charge in [0.2, 0.25) is 5.91 Å². The van der Waals surface area contributed by atoms with E-state index in [2.05, 4.69) is 15.6 Å². The van der Waals surface area contributed by atoms with Crippen LogP contribution in [0.25, 0.3) is 0 Å². The molecule has 0 unspecified atom stereocenters. The predicted molar refractivity (Wildman–Crippen MR) is 85.7 cm³/mol. The van der Waals surface area contributed by atoms with Crippen molar-refractivity contribution in [2.75, 3.05) is 20.2 Å². The standard InChI is InChI=1S/C17H21N3O2/c1-22-16-5-3-2-4-15(16)8-11-20-17(21)13-19-12-14-6-9-18-10-7-14/h2-7,9-10,19H,8,11-13H2,1H3,(H,20,21). The molecule has 22 heavy (non-hydrogen) atoms. The lowest BCUT2D eigenvalue weighted by Crippen LogP contribution is -2.34. The second kappa shape index (κ2) is 8.79. The van der Waals surface area contributed by atoms with Gasteiger partial charge in [0.15, 0.2) is 0 Å². The van der Waals surface area contributed by atoms with Crippen molar-refractivity contribution in [3.05, 3.63) is 59.9 Å². The molecule has 0 radical (unpaired) electrons. The average molecular weight is 299 g/mol. The van der Waals surface area contributed by atoms with Crippen molar-refractivity contribution in [1.82, 2.24) is 15.6 Å². The van der Waals surface area contributed by atoms with Gasteiger partial charge in [0.25, 0.3) is 0 Å². The van der Waals surface area contributed by atoms with Gasteiger partial charge in [0, 0.05) is 25.5 Å². The summed E-state index contributed by atoms with van der Waals surface area (Å²) in [5.41, 5.74) is 2.20. The lowest BCUT2D eigenvalue weighted by Gasteiger charge is -2.09. The molecular weight excluding hydrogens is 278 g/mol. The molecule has 0 aliphatic carbocycles. The maximum absolute atomic E-state index is 11.8. The molecule has 1 amide bonds. The number of hydrogen-bond donors (Lipinski definition) is 2.